The molecular weight excluding hydrogens is 396 g/mol. The number of nitrogens with one attached hydrogen (secondary N) is 1. The highest BCUT2D eigenvalue weighted by molar-refractivity contribution is 7.99. The fourth-order valence-corrected chi connectivity index (χ4v) is 3.85. The lowest BCUT2D eigenvalue weighted by Crippen LogP contribution is -2.38. The van der Waals surface area contributed by atoms with Crippen molar-refractivity contribution in [3.63, 3.8) is 0 Å². The first-order valence-corrected chi connectivity index (χ1v) is 10.7. The quantitative estimate of drug-likeness (QED) is 0.773. The van der Waals surface area contributed by atoms with E-state index in [-0.39, 0.29) is 11.8 Å². The standard InChI is InChI=1S/C21H23ClN2O3S/c1-15(27-19-8-4-17(22)5-9-19)21(26)23-18-6-2-16(3-7-18)14-20(25)24-10-12-28-13-11-24/h2-9,15H,10-14H2,1H3,(H,23,26). The summed E-state index contributed by atoms with van der Waals surface area (Å²) in [6.07, 6.45) is -0.269. The molecule has 7 heteroatoms. The van der Waals surface area contributed by atoms with E-state index in [0.717, 1.165) is 30.2 Å². The number of hydrogen-bond donors (Lipinski definition) is 1. The van der Waals surface area contributed by atoms with E-state index in [2.05, 4.69) is 5.32 Å². The molecule has 0 aliphatic carbocycles. The van der Waals surface area contributed by atoms with Crippen LogP contribution in [-0.2, 0) is 16.0 Å². The van der Waals surface area contributed by atoms with Crippen molar-refractivity contribution in [2.24, 2.45) is 0 Å². The van der Waals surface area contributed by atoms with Gasteiger partial charge in [0.15, 0.2) is 6.10 Å². The summed E-state index contributed by atoms with van der Waals surface area (Å²) in [6.45, 7) is 3.33. The third-order valence-corrected chi connectivity index (χ3v) is 5.63. The first-order valence-electron chi connectivity index (χ1n) is 9.19. The Morgan fingerprint density at radius 3 is 2.39 bits per heavy atom. The van der Waals surface area contributed by atoms with Crippen LogP contribution < -0.4 is 10.1 Å². The first kappa shape index (κ1) is 20.6. The molecule has 1 saturated heterocycles. The number of nitrogens with zero attached hydrogens (tertiary/aromatic N) is 1. The third-order valence-electron chi connectivity index (χ3n) is 4.44. The van der Waals surface area contributed by atoms with Crippen molar-refractivity contribution in [3.8, 4) is 5.75 Å². The van der Waals surface area contributed by atoms with Gasteiger partial charge in [-0.05, 0) is 48.9 Å². The topological polar surface area (TPSA) is 58.6 Å². The zero-order valence-corrected chi connectivity index (χ0v) is 17.3. The Hall–Kier alpha value is -2.18. The van der Waals surface area contributed by atoms with Crippen LogP contribution in [-0.4, -0.2) is 47.4 Å². The van der Waals surface area contributed by atoms with Gasteiger partial charge in [-0.15, -0.1) is 0 Å². The largest absolute Gasteiger partial charge is 0.481 e. The molecule has 0 radical (unpaired) electrons. The number of anilines is 1. The highest BCUT2D eigenvalue weighted by atomic mass is 35.5. The summed E-state index contributed by atoms with van der Waals surface area (Å²) in [4.78, 5) is 26.6. The predicted octanol–water partition coefficient (Wildman–Crippen LogP) is 3.86. The van der Waals surface area contributed by atoms with Crippen LogP contribution in [0.3, 0.4) is 0 Å². The monoisotopic (exact) mass is 418 g/mol. The molecule has 0 aromatic heterocycles. The third kappa shape index (κ3) is 5.91. The average molecular weight is 419 g/mol. The summed E-state index contributed by atoms with van der Waals surface area (Å²) >= 11 is 7.73. The molecule has 1 fully saturated rings. The summed E-state index contributed by atoms with van der Waals surface area (Å²) < 4.78 is 5.62. The van der Waals surface area contributed by atoms with Crippen molar-refractivity contribution in [2.75, 3.05) is 29.9 Å². The fourth-order valence-electron chi connectivity index (χ4n) is 2.82. The van der Waals surface area contributed by atoms with Gasteiger partial charge in [0, 0.05) is 35.3 Å². The van der Waals surface area contributed by atoms with Crippen molar-refractivity contribution in [3.05, 3.63) is 59.1 Å². The van der Waals surface area contributed by atoms with Crippen LogP contribution in [0.2, 0.25) is 5.02 Å². The van der Waals surface area contributed by atoms with Gasteiger partial charge in [0.25, 0.3) is 5.91 Å². The molecule has 148 valence electrons. The Morgan fingerprint density at radius 1 is 1.11 bits per heavy atom. The maximum atomic E-state index is 12.3. The van der Waals surface area contributed by atoms with Crippen LogP contribution in [0.5, 0.6) is 5.75 Å². The smallest absolute Gasteiger partial charge is 0.265 e. The minimum atomic E-state index is -0.653. The predicted molar refractivity (Wildman–Crippen MR) is 114 cm³/mol. The number of hydrogen-bond acceptors (Lipinski definition) is 4. The second kappa shape index (κ2) is 9.85. The Bertz CT molecular complexity index is 805. The molecule has 1 aliphatic heterocycles. The number of thioether (sulfide) groups is 1. The van der Waals surface area contributed by atoms with Gasteiger partial charge in [0.05, 0.1) is 6.42 Å². The molecule has 0 saturated carbocycles. The van der Waals surface area contributed by atoms with Gasteiger partial charge in [0.2, 0.25) is 5.91 Å². The number of benzene rings is 2. The molecule has 2 amide bonds. The highest BCUT2D eigenvalue weighted by Crippen LogP contribution is 2.18. The zero-order chi connectivity index (χ0) is 19.9. The van der Waals surface area contributed by atoms with Gasteiger partial charge in [-0.25, -0.2) is 0 Å². The average Bonchev–Trinajstić information content (AvgIpc) is 2.71. The molecule has 1 N–H and O–H groups in total. The fraction of sp³-hybridized carbons (Fsp3) is 0.333. The van der Waals surface area contributed by atoms with Gasteiger partial charge < -0.3 is 15.0 Å². The minimum Gasteiger partial charge on any atom is -0.481 e. The Kier molecular flexibility index (Phi) is 7.23. The van der Waals surface area contributed by atoms with Gasteiger partial charge in [-0.2, -0.15) is 11.8 Å². The molecule has 28 heavy (non-hydrogen) atoms. The first-order chi connectivity index (χ1) is 13.5. The molecular formula is C21H23ClN2O3S. The van der Waals surface area contributed by atoms with Crippen LogP contribution >= 0.6 is 23.4 Å². The van der Waals surface area contributed by atoms with Crippen LogP contribution in [0, 0.1) is 0 Å². The van der Waals surface area contributed by atoms with Crippen molar-refractivity contribution < 1.29 is 14.3 Å². The number of rotatable bonds is 6. The number of ether oxygens (including phenoxy) is 1. The number of amides is 2. The lowest BCUT2D eigenvalue weighted by Gasteiger charge is -2.26. The maximum absolute atomic E-state index is 12.3. The second-order valence-corrected chi connectivity index (χ2v) is 8.23. The van der Waals surface area contributed by atoms with Gasteiger partial charge >= 0.3 is 0 Å². The minimum absolute atomic E-state index is 0.155. The molecule has 3 rings (SSSR count). The second-order valence-electron chi connectivity index (χ2n) is 6.57. The maximum Gasteiger partial charge on any atom is 0.265 e. The molecule has 1 atom stereocenters. The summed E-state index contributed by atoms with van der Waals surface area (Å²) in [7, 11) is 0. The SMILES string of the molecule is CC(Oc1ccc(Cl)cc1)C(=O)Nc1ccc(CC(=O)N2CCSCC2)cc1. The number of carbonyl (C=O) groups is 2. The van der Waals surface area contributed by atoms with Crippen molar-refractivity contribution in [1.29, 1.82) is 0 Å². The van der Waals surface area contributed by atoms with E-state index in [1.165, 1.54) is 0 Å². The van der Waals surface area contributed by atoms with Crippen molar-refractivity contribution in [2.45, 2.75) is 19.4 Å². The Labute approximate surface area is 174 Å². The van der Waals surface area contributed by atoms with Crippen LogP contribution in [0.1, 0.15) is 12.5 Å². The molecule has 1 unspecified atom stereocenters. The van der Waals surface area contributed by atoms with Crippen molar-refractivity contribution >= 4 is 40.9 Å². The number of carbonyl (C=O) groups excluding carboxylic acids is 2. The van der Waals surface area contributed by atoms with E-state index < -0.39 is 6.10 Å². The van der Waals surface area contributed by atoms with E-state index in [1.54, 1.807) is 31.2 Å². The molecule has 2 aromatic rings. The highest BCUT2D eigenvalue weighted by Gasteiger charge is 2.17. The van der Waals surface area contributed by atoms with E-state index in [1.807, 2.05) is 40.9 Å². The van der Waals surface area contributed by atoms with Crippen LogP contribution in [0.4, 0.5) is 5.69 Å². The molecule has 5 nitrogen and oxygen atoms in total. The summed E-state index contributed by atoms with van der Waals surface area (Å²) in [5.41, 5.74) is 1.61. The van der Waals surface area contributed by atoms with Gasteiger partial charge in [0.1, 0.15) is 5.75 Å². The van der Waals surface area contributed by atoms with Crippen LogP contribution in [0.25, 0.3) is 0 Å². The van der Waals surface area contributed by atoms with E-state index in [0.29, 0.717) is 22.9 Å². The van der Waals surface area contributed by atoms with Crippen LogP contribution in [0.15, 0.2) is 48.5 Å². The zero-order valence-electron chi connectivity index (χ0n) is 15.7. The van der Waals surface area contributed by atoms with Crippen molar-refractivity contribution in [1.82, 2.24) is 4.90 Å². The molecule has 1 heterocycles. The van der Waals surface area contributed by atoms with E-state index in [9.17, 15) is 9.59 Å². The Balaban J connectivity index is 1.50. The molecule has 0 bridgehead atoms. The lowest BCUT2D eigenvalue weighted by atomic mass is 10.1. The van der Waals surface area contributed by atoms with E-state index >= 15 is 0 Å². The summed E-state index contributed by atoms with van der Waals surface area (Å²) in [5, 5.41) is 3.44. The van der Waals surface area contributed by atoms with E-state index in [4.69, 9.17) is 16.3 Å². The molecule has 1 aliphatic rings. The summed E-state index contributed by atoms with van der Waals surface area (Å²) in [6, 6.07) is 14.2. The molecule has 0 spiro atoms. The normalized spacial score (nSPS) is 15.0. The summed E-state index contributed by atoms with van der Waals surface area (Å²) in [5.74, 6) is 2.50. The molecule has 2 aromatic carbocycles. The Morgan fingerprint density at radius 2 is 1.75 bits per heavy atom. The lowest BCUT2D eigenvalue weighted by molar-refractivity contribution is -0.130. The van der Waals surface area contributed by atoms with Gasteiger partial charge in [-0.1, -0.05) is 23.7 Å². The van der Waals surface area contributed by atoms with Gasteiger partial charge in [-0.3, -0.25) is 9.59 Å². The number of halogens is 1.